The minimum absolute atomic E-state index is 0.000766. The van der Waals surface area contributed by atoms with Crippen LogP contribution < -0.4 is 15.0 Å². The highest BCUT2D eigenvalue weighted by molar-refractivity contribution is 7.09. The predicted molar refractivity (Wildman–Crippen MR) is 121 cm³/mol. The highest BCUT2D eigenvalue weighted by Gasteiger charge is 2.18. The van der Waals surface area contributed by atoms with Crippen molar-refractivity contribution in [2.45, 2.75) is 13.0 Å². The van der Waals surface area contributed by atoms with Crippen LogP contribution in [0.25, 0.3) is 0 Å². The van der Waals surface area contributed by atoms with Gasteiger partial charge in [-0.2, -0.15) is 5.10 Å². The molecule has 0 bridgehead atoms. The summed E-state index contributed by atoms with van der Waals surface area (Å²) in [7, 11) is 1.68. The van der Waals surface area contributed by atoms with Gasteiger partial charge < -0.3 is 15.0 Å². The molecule has 4 rings (SSSR count). The van der Waals surface area contributed by atoms with Crippen molar-refractivity contribution in [3.8, 4) is 5.75 Å². The summed E-state index contributed by atoms with van der Waals surface area (Å²) < 4.78 is 7.08. The van der Waals surface area contributed by atoms with Crippen LogP contribution in [0.15, 0.2) is 54.0 Å². The lowest BCUT2D eigenvalue weighted by Gasteiger charge is -2.23. The molecule has 0 atom stereocenters. The molecule has 158 valence electrons. The van der Waals surface area contributed by atoms with Gasteiger partial charge >= 0.3 is 0 Å². The van der Waals surface area contributed by atoms with E-state index >= 15 is 0 Å². The van der Waals surface area contributed by atoms with E-state index in [-0.39, 0.29) is 5.91 Å². The Bertz CT molecular complexity index is 939. The van der Waals surface area contributed by atoms with E-state index in [1.165, 1.54) is 10.6 Å². The van der Waals surface area contributed by atoms with Gasteiger partial charge in [-0.3, -0.25) is 9.69 Å². The fourth-order valence-electron chi connectivity index (χ4n) is 3.68. The topological polar surface area (TPSA) is 62.6 Å². The second kappa shape index (κ2) is 9.77. The van der Waals surface area contributed by atoms with Crippen molar-refractivity contribution >= 4 is 28.7 Å². The fourth-order valence-corrected chi connectivity index (χ4v) is 4.37. The number of carbonyl (C=O) groups is 1. The molecular formula is C22H27N5O2S. The number of aromatic nitrogens is 2. The number of hydrogen-bond donors (Lipinski definition) is 1. The quantitative estimate of drug-likeness (QED) is 0.630. The summed E-state index contributed by atoms with van der Waals surface area (Å²) in [6.07, 6.45) is 2.75. The summed E-state index contributed by atoms with van der Waals surface area (Å²) >= 11 is 1.69. The van der Waals surface area contributed by atoms with Gasteiger partial charge in [0.1, 0.15) is 11.6 Å². The second-order valence-corrected chi connectivity index (χ2v) is 8.35. The zero-order valence-electron chi connectivity index (χ0n) is 17.2. The Morgan fingerprint density at radius 1 is 1.13 bits per heavy atom. The van der Waals surface area contributed by atoms with Crippen molar-refractivity contribution in [3.05, 3.63) is 58.9 Å². The zero-order valence-corrected chi connectivity index (χ0v) is 18.0. The van der Waals surface area contributed by atoms with E-state index in [9.17, 15) is 4.79 Å². The highest BCUT2D eigenvalue weighted by atomic mass is 32.1. The van der Waals surface area contributed by atoms with Gasteiger partial charge in [0.05, 0.1) is 26.4 Å². The van der Waals surface area contributed by atoms with Crippen LogP contribution in [-0.2, 0) is 11.3 Å². The fraction of sp³-hybridized carbons (Fsp3) is 0.364. The second-order valence-electron chi connectivity index (χ2n) is 7.32. The molecule has 0 spiro atoms. The molecule has 1 fully saturated rings. The largest absolute Gasteiger partial charge is 0.497 e. The summed E-state index contributed by atoms with van der Waals surface area (Å²) in [5.74, 6) is 1.61. The number of ether oxygens (including phenoxy) is 1. The van der Waals surface area contributed by atoms with Gasteiger partial charge in [-0.1, -0.05) is 6.07 Å². The van der Waals surface area contributed by atoms with Gasteiger partial charge in [-0.05, 0) is 42.1 Å². The molecule has 2 aromatic heterocycles. The van der Waals surface area contributed by atoms with E-state index in [1.54, 1.807) is 24.6 Å². The van der Waals surface area contributed by atoms with Crippen LogP contribution in [0.1, 0.15) is 11.3 Å². The SMILES string of the molecule is COc1ccc(N2CCCN(CC(=O)Nc3ccnn3Cc3cccs3)CC2)cc1. The van der Waals surface area contributed by atoms with Crippen molar-refractivity contribution in [2.24, 2.45) is 0 Å². The van der Waals surface area contributed by atoms with E-state index in [0.29, 0.717) is 13.1 Å². The average molecular weight is 426 g/mol. The van der Waals surface area contributed by atoms with E-state index in [2.05, 4.69) is 38.4 Å². The molecule has 0 saturated carbocycles. The summed E-state index contributed by atoms with van der Waals surface area (Å²) in [6, 6.07) is 14.1. The summed E-state index contributed by atoms with van der Waals surface area (Å²) in [4.78, 5) is 18.4. The molecule has 0 radical (unpaired) electrons. The zero-order chi connectivity index (χ0) is 20.8. The average Bonchev–Trinajstić information content (AvgIpc) is 3.37. The number of rotatable bonds is 7. The van der Waals surface area contributed by atoms with Crippen LogP contribution in [0.3, 0.4) is 0 Å². The molecule has 3 aromatic rings. The molecule has 0 aliphatic carbocycles. The number of nitrogens with one attached hydrogen (secondary N) is 1. The van der Waals surface area contributed by atoms with Crippen molar-refractivity contribution in [3.63, 3.8) is 0 Å². The molecule has 1 saturated heterocycles. The maximum Gasteiger partial charge on any atom is 0.239 e. The number of amides is 1. The first-order valence-electron chi connectivity index (χ1n) is 10.2. The van der Waals surface area contributed by atoms with Crippen molar-refractivity contribution < 1.29 is 9.53 Å². The number of anilines is 2. The van der Waals surface area contributed by atoms with Crippen molar-refractivity contribution in [1.29, 1.82) is 0 Å². The Labute approximate surface area is 180 Å². The van der Waals surface area contributed by atoms with E-state index in [0.717, 1.165) is 44.2 Å². The first-order chi connectivity index (χ1) is 14.7. The third-order valence-electron chi connectivity index (χ3n) is 5.26. The van der Waals surface area contributed by atoms with Crippen LogP contribution in [0.5, 0.6) is 5.75 Å². The van der Waals surface area contributed by atoms with Gasteiger partial charge in [0.2, 0.25) is 5.91 Å². The van der Waals surface area contributed by atoms with E-state index in [4.69, 9.17) is 4.74 Å². The summed E-state index contributed by atoms with van der Waals surface area (Å²) in [5, 5.41) is 9.41. The molecule has 1 aliphatic rings. The number of methoxy groups -OCH3 is 1. The Kier molecular flexibility index (Phi) is 6.66. The van der Waals surface area contributed by atoms with Gasteiger partial charge in [0.25, 0.3) is 0 Å². The van der Waals surface area contributed by atoms with Gasteiger partial charge in [-0.25, -0.2) is 4.68 Å². The smallest absolute Gasteiger partial charge is 0.239 e. The highest BCUT2D eigenvalue weighted by Crippen LogP contribution is 2.20. The van der Waals surface area contributed by atoms with Crippen molar-refractivity contribution in [2.75, 3.05) is 50.1 Å². The van der Waals surface area contributed by atoms with Crippen LogP contribution in [0.4, 0.5) is 11.5 Å². The molecule has 1 amide bonds. The minimum Gasteiger partial charge on any atom is -0.497 e. The van der Waals surface area contributed by atoms with E-state index < -0.39 is 0 Å². The molecule has 8 heteroatoms. The van der Waals surface area contributed by atoms with Gasteiger partial charge in [0, 0.05) is 42.8 Å². The number of benzene rings is 1. The number of carbonyl (C=O) groups excluding carboxylic acids is 1. The normalized spacial score (nSPS) is 15.0. The van der Waals surface area contributed by atoms with Crippen molar-refractivity contribution in [1.82, 2.24) is 14.7 Å². The summed E-state index contributed by atoms with van der Waals surface area (Å²) in [5.41, 5.74) is 1.19. The summed E-state index contributed by atoms with van der Waals surface area (Å²) in [6.45, 7) is 4.71. The standard InChI is InChI=1S/C22H27N5O2S/c1-29-19-7-5-18(6-8-19)26-12-3-11-25(13-14-26)17-22(28)24-21-9-10-23-27(21)16-20-4-2-15-30-20/h2,4-10,15H,3,11-14,16-17H2,1H3,(H,24,28). The monoisotopic (exact) mass is 425 g/mol. The third-order valence-corrected chi connectivity index (χ3v) is 6.12. The Morgan fingerprint density at radius 3 is 2.77 bits per heavy atom. The predicted octanol–water partition coefficient (Wildman–Crippen LogP) is 3.15. The lowest BCUT2D eigenvalue weighted by molar-refractivity contribution is -0.117. The molecule has 1 aromatic carbocycles. The lowest BCUT2D eigenvalue weighted by atomic mass is 10.2. The molecule has 0 unspecified atom stereocenters. The van der Waals surface area contributed by atoms with Crippen LogP contribution in [-0.4, -0.2) is 60.4 Å². The first kappa shape index (κ1) is 20.4. The Hall–Kier alpha value is -2.84. The third kappa shape index (κ3) is 5.20. The van der Waals surface area contributed by atoms with Crippen LogP contribution in [0.2, 0.25) is 0 Å². The molecule has 30 heavy (non-hydrogen) atoms. The minimum atomic E-state index is 0.000766. The Morgan fingerprint density at radius 2 is 2.00 bits per heavy atom. The number of thiophene rings is 1. The van der Waals surface area contributed by atoms with Gasteiger partial charge in [-0.15, -0.1) is 11.3 Å². The van der Waals surface area contributed by atoms with E-state index in [1.807, 2.05) is 34.3 Å². The number of nitrogens with zero attached hydrogens (tertiary/aromatic N) is 4. The Balaban J connectivity index is 1.29. The lowest BCUT2D eigenvalue weighted by Crippen LogP contribution is -2.36. The molecule has 3 heterocycles. The maximum atomic E-state index is 12.6. The molecular weight excluding hydrogens is 398 g/mol. The molecule has 1 aliphatic heterocycles. The maximum absolute atomic E-state index is 12.6. The number of hydrogen-bond acceptors (Lipinski definition) is 6. The first-order valence-corrected chi connectivity index (χ1v) is 11.0. The van der Waals surface area contributed by atoms with Gasteiger partial charge in [0.15, 0.2) is 0 Å². The molecule has 7 nitrogen and oxygen atoms in total. The van der Waals surface area contributed by atoms with Crippen LogP contribution in [0, 0.1) is 0 Å². The molecule has 1 N–H and O–H groups in total. The van der Waals surface area contributed by atoms with Crippen LogP contribution >= 0.6 is 11.3 Å².